The number of aromatic nitrogens is 1. The number of hydrogen-bond donors (Lipinski definition) is 2. The van der Waals surface area contributed by atoms with Gasteiger partial charge < -0.3 is 15.3 Å². The van der Waals surface area contributed by atoms with Gasteiger partial charge >= 0.3 is 5.97 Å². The van der Waals surface area contributed by atoms with Gasteiger partial charge in [-0.2, -0.15) is 0 Å². The Balaban J connectivity index is 2.77. The van der Waals surface area contributed by atoms with Crippen molar-refractivity contribution in [1.82, 2.24) is 4.98 Å². The van der Waals surface area contributed by atoms with Gasteiger partial charge in [0.1, 0.15) is 5.76 Å². The van der Waals surface area contributed by atoms with Crippen molar-refractivity contribution in [1.29, 1.82) is 0 Å². The van der Waals surface area contributed by atoms with Gasteiger partial charge in [0.05, 0.1) is 17.5 Å². The molecule has 0 aromatic carbocycles. The fourth-order valence-electron chi connectivity index (χ4n) is 1.76. The zero-order valence-electron chi connectivity index (χ0n) is 9.30. The van der Waals surface area contributed by atoms with Crippen LogP contribution in [0, 0.1) is 6.92 Å². The minimum Gasteiger partial charge on any atom is -0.478 e. The molecule has 17 heavy (non-hydrogen) atoms. The second kappa shape index (κ2) is 4.39. The van der Waals surface area contributed by atoms with Gasteiger partial charge in [0, 0.05) is 18.3 Å². The molecule has 0 unspecified atom stereocenters. The molecule has 88 valence electrons. The van der Waals surface area contributed by atoms with E-state index in [1.165, 1.54) is 6.26 Å². The fraction of sp³-hybridized carbons (Fsp3) is 0.167. The summed E-state index contributed by atoms with van der Waals surface area (Å²) in [5.41, 5.74) is 7.36. The lowest BCUT2D eigenvalue weighted by atomic mass is 9.99. The summed E-state index contributed by atoms with van der Waals surface area (Å²) in [5, 5.41) is 9.24. The molecule has 0 radical (unpaired) electrons. The summed E-state index contributed by atoms with van der Waals surface area (Å²) >= 11 is 0. The molecule has 0 bridgehead atoms. The molecule has 0 atom stereocenters. The van der Waals surface area contributed by atoms with Crippen LogP contribution in [-0.2, 0) is 6.54 Å². The largest absolute Gasteiger partial charge is 0.478 e. The standard InChI is InChI=1S/C12H12N2O3/c1-7-10(12(15)16)11(8(5-13)6-14-7)9-3-2-4-17-9/h2-4,6H,5,13H2,1H3,(H,15,16). The molecular formula is C12H12N2O3. The first-order valence-corrected chi connectivity index (χ1v) is 5.11. The first-order chi connectivity index (χ1) is 8.15. The SMILES string of the molecule is Cc1ncc(CN)c(-c2ccco2)c1C(=O)O. The Bertz CT molecular complexity index is 547. The maximum absolute atomic E-state index is 11.3. The van der Waals surface area contributed by atoms with E-state index in [2.05, 4.69) is 4.98 Å². The third-order valence-corrected chi connectivity index (χ3v) is 2.55. The molecule has 0 aliphatic rings. The monoisotopic (exact) mass is 232 g/mol. The summed E-state index contributed by atoms with van der Waals surface area (Å²) in [4.78, 5) is 15.3. The summed E-state index contributed by atoms with van der Waals surface area (Å²) in [6.45, 7) is 1.86. The first-order valence-electron chi connectivity index (χ1n) is 5.11. The van der Waals surface area contributed by atoms with Crippen LogP contribution in [-0.4, -0.2) is 16.1 Å². The highest BCUT2D eigenvalue weighted by Gasteiger charge is 2.20. The lowest BCUT2D eigenvalue weighted by Crippen LogP contribution is -2.09. The first kappa shape index (κ1) is 11.3. The highest BCUT2D eigenvalue weighted by Crippen LogP contribution is 2.29. The third kappa shape index (κ3) is 1.92. The molecular weight excluding hydrogens is 220 g/mol. The summed E-state index contributed by atoms with van der Waals surface area (Å²) < 4.78 is 5.26. The maximum atomic E-state index is 11.3. The number of carboxylic acid groups (broad SMARTS) is 1. The zero-order chi connectivity index (χ0) is 12.4. The highest BCUT2D eigenvalue weighted by molar-refractivity contribution is 5.97. The van der Waals surface area contributed by atoms with E-state index in [9.17, 15) is 9.90 Å². The molecule has 2 aromatic rings. The molecule has 0 aliphatic heterocycles. The zero-order valence-corrected chi connectivity index (χ0v) is 9.30. The van der Waals surface area contributed by atoms with Crippen LogP contribution in [0.1, 0.15) is 21.6 Å². The van der Waals surface area contributed by atoms with Crippen molar-refractivity contribution >= 4 is 5.97 Å². The molecule has 3 N–H and O–H groups in total. The Morgan fingerprint density at radius 3 is 2.88 bits per heavy atom. The Kier molecular flexibility index (Phi) is 2.93. The van der Waals surface area contributed by atoms with Gasteiger partial charge in [-0.1, -0.05) is 0 Å². The van der Waals surface area contributed by atoms with Gasteiger partial charge in [0.25, 0.3) is 0 Å². The van der Waals surface area contributed by atoms with Crippen molar-refractivity contribution in [3.05, 3.63) is 41.4 Å². The number of aryl methyl sites for hydroxylation is 1. The van der Waals surface area contributed by atoms with E-state index in [0.29, 0.717) is 22.6 Å². The average Bonchev–Trinajstić information content (AvgIpc) is 2.81. The van der Waals surface area contributed by atoms with Gasteiger partial charge in [-0.3, -0.25) is 4.98 Å². The number of hydrogen-bond acceptors (Lipinski definition) is 4. The number of rotatable bonds is 3. The van der Waals surface area contributed by atoms with Gasteiger partial charge in [-0.15, -0.1) is 0 Å². The Morgan fingerprint density at radius 2 is 2.35 bits per heavy atom. The number of aromatic carboxylic acids is 1. The van der Waals surface area contributed by atoms with Crippen molar-refractivity contribution in [2.24, 2.45) is 5.73 Å². The molecule has 0 amide bonds. The van der Waals surface area contributed by atoms with E-state index < -0.39 is 5.97 Å². The number of nitrogens with zero attached hydrogens (tertiary/aromatic N) is 1. The Morgan fingerprint density at radius 1 is 1.59 bits per heavy atom. The lowest BCUT2D eigenvalue weighted by molar-refractivity contribution is 0.0696. The molecule has 2 rings (SSSR count). The molecule has 0 saturated heterocycles. The topological polar surface area (TPSA) is 89.4 Å². The average molecular weight is 232 g/mol. The van der Waals surface area contributed by atoms with Crippen molar-refractivity contribution in [3.63, 3.8) is 0 Å². The number of carboxylic acids is 1. The van der Waals surface area contributed by atoms with Crippen LogP contribution in [0.4, 0.5) is 0 Å². The van der Waals surface area contributed by atoms with Crippen LogP contribution >= 0.6 is 0 Å². The van der Waals surface area contributed by atoms with Crippen LogP contribution in [0.2, 0.25) is 0 Å². The highest BCUT2D eigenvalue weighted by atomic mass is 16.4. The molecule has 0 aliphatic carbocycles. The summed E-state index contributed by atoms with van der Waals surface area (Å²) in [5.74, 6) is -0.537. The number of furan rings is 1. The molecule has 0 spiro atoms. The van der Waals surface area contributed by atoms with Crippen molar-refractivity contribution in [2.45, 2.75) is 13.5 Å². The van der Waals surface area contributed by atoms with E-state index in [4.69, 9.17) is 10.2 Å². The molecule has 0 fully saturated rings. The molecule has 5 nitrogen and oxygen atoms in total. The van der Waals surface area contributed by atoms with E-state index in [1.807, 2.05) is 0 Å². The van der Waals surface area contributed by atoms with E-state index >= 15 is 0 Å². The predicted molar refractivity (Wildman–Crippen MR) is 61.5 cm³/mol. The molecule has 5 heteroatoms. The Labute approximate surface area is 97.9 Å². The summed E-state index contributed by atoms with van der Waals surface area (Å²) in [6, 6.07) is 3.41. The maximum Gasteiger partial charge on any atom is 0.338 e. The minimum atomic E-state index is -1.03. The summed E-state index contributed by atoms with van der Waals surface area (Å²) in [7, 11) is 0. The van der Waals surface area contributed by atoms with Crippen LogP contribution in [0.15, 0.2) is 29.0 Å². The van der Waals surface area contributed by atoms with Gasteiger partial charge in [0.15, 0.2) is 0 Å². The van der Waals surface area contributed by atoms with Crippen molar-refractivity contribution in [3.8, 4) is 11.3 Å². The van der Waals surface area contributed by atoms with Crippen LogP contribution in [0.25, 0.3) is 11.3 Å². The summed E-state index contributed by atoms with van der Waals surface area (Å²) in [6.07, 6.45) is 3.08. The Hall–Kier alpha value is -2.14. The second-order valence-electron chi connectivity index (χ2n) is 3.61. The number of pyridine rings is 1. The van der Waals surface area contributed by atoms with Gasteiger partial charge in [-0.05, 0) is 24.6 Å². The molecule has 2 heterocycles. The van der Waals surface area contributed by atoms with Crippen molar-refractivity contribution < 1.29 is 14.3 Å². The third-order valence-electron chi connectivity index (χ3n) is 2.55. The normalized spacial score (nSPS) is 10.5. The van der Waals surface area contributed by atoms with Crippen molar-refractivity contribution in [2.75, 3.05) is 0 Å². The molecule has 0 saturated carbocycles. The quantitative estimate of drug-likeness (QED) is 0.842. The van der Waals surface area contributed by atoms with Crippen LogP contribution < -0.4 is 5.73 Å². The van der Waals surface area contributed by atoms with Crippen LogP contribution in [0.5, 0.6) is 0 Å². The number of carbonyl (C=O) groups is 1. The van der Waals surface area contributed by atoms with Gasteiger partial charge in [-0.25, -0.2) is 4.79 Å². The molecule has 2 aromatic heterocycles. The van der Waals surface area contributed by atoms with Gasteiger partial charge in [0.2, 0.25) is 0 Å². The fourth-order valence-corrected chi connectivity index (χ4v) is 1.76. The van der Waals surface area contributed by atoms with Crippen LogP contribution in [0.3, 0.4) is 0 Å². The smallest absolute Gasteiger partial charge is 0.338 e. The lowest BCUT2D eigenvalue weighted by Gasteiger charge is -2.10. The van der Waals surface area contributed by atoms with E-state index in [-0.39, 0.29) is 12.1 Å². The minimum absolute atomic E-state index is 0.142. The van der Waals surface area contributed by atoms with E-state index in [1.54, 1.807) is 25.3 Å². The van der Waals surface area contributed by atoms with E-state index in [0.717, 1.165) is 0 Å². The predicted octanol–water partition coefficient (Wildman–Crippen LogP) is 1.81. The second-order valence-corrected chi connectivity index (χ2v) is 3.61. The number of nitrogens with two attached hydrogens (primary N) is 1.